The average Bonchev–Trinajstić information content (AvgIpc) is 3.16. The Morgan fingerprint density at radius 2 is 1.55 bits per heavy atom. The number of hydrogen-bond donors (Lipinski definition) is 0. The fourth-order valence-corrected chi connectivity index (χ4v) is 4.71. The molecule has 3 aromatic carbocycles. The third kappa shape index (κ3) is 5.28. The molecule has 0 atom stereocenters. The summed E-state index contributed by atoms with van der Waals surface area (Å²) in [6.45, 7) is 0. The zero-order chi connectivity index (χ0) is 27.6. The number of anilines is 1. The van der Waals surface area contributed by atoms with Crippen molar-refractivity contribution in [3.05, 3.63) is 101 Å². The van der Waals surface area contributed by atoms with E-state index in [1.54, 1.807) is 6.07 Å². The Bertz CT molecular complexity index is 1560. The highest BCUT2D eigenvalue weighted by molar-refractivity contribution is 8.27. The second kappa shape index (κ2) is 10.6. The predicted molar refractivity (Wildman–Crippen MR) is 142 cm³/mol. The molecule has 3 aromatic rings. The average molecular weight is 555 g/mol. The van der Waals surface area contributed by atoms with Gasteiger partial charge in [-0.05, 0) is 35.9 Å². The summed E-state index contributed by atoms with van der Waals surface area (Å²) in [5.41, 5.74) is -0.485. The number of thiocarbonyl (C=S) groups is 1. The van der Waals surface area contributed by atoms with E-state index in [1.165, 1.54) is 54.5 Å². The van der Waals surface area contributed by atoms with Crippen molar-refractivity contribution >= 4 is 63.0 Å². The van der Waals surface area contributed by atoms with Crippen LogP contribution >= 0.6 is 24.0 Å². The van der Waals surface area contributed by atoms with Gasteiger partial charge in [-0.2, -0.15) is 0 Å². The molecule has 0 unspecified atom stereocenters. The van der Waals surface area contributed by atoms with Gasteiger partial charge in [0.2, 0.25) is 5.75 Å². The van der Waals surface area contributed by atoms with E-state index in [4.69, 9.17) is 21.7 Å². The molecule has 0 saturated carbocycles. The molecule has 1 saturated heterocycles. The Labute approximate surface area is 222 Å². The third-order valence-electron chi connectivity index (χ3n) is 5.15. The summed E-state index contributed by atoms with van der Waals surface area (Å²) in [6, 6.07) is 13.1. The standard InChI is InChI=1S/C23H14N4O9S2/c1-35-20-9-13(5-7-19(20)36-18-8-6-16(26(31)32)12-17(18)27(33)34)10-21-22(28)24(23(37)38-21)14-3-2-4-15(11-14)25(29)30/h2-12H,1H3/b21-10-. The Balaban J connectivity index is 1.62. The molecule has 0 aromatic heterocycles. The molecule has 1 aliphatic rings. The summed E-state index contributed by atoms with van der Waals surface area (Å²) in [4.78, 5) is 45.9. The van der Waals surface area contributed by atoms with Gasteiger partial charge in [0, 0.05) is 18.2 Å². The van der Waals surface area contributed by atoms with Crippen LogP contribution in [-0.2, 0) is 4.79 Å². The molecule has 1 amide bonds. The first kappa shape index (κ1) is 26.2. The SMILES string of the molecule is COc1cc(/C=C2\SC(=S)N(c3cccc([N+](=O)[O-])c3)C2=O)ccc1Oc1ccc([N+](=O)[O-])cc1[N+](=O)[O-]. The highest BCUT2D eigenvalue weighted by Gasteiger charge is 2.34. The first-order chi connectivity index (χ1) is 18.1. The van der Waals surface area contributed by atoms with Gasteiger partial charge in [0.25, 0.3) is 17.3 Å². The number of nitrogens with zero attached hydrogens (tertiary/aromatic N) is 4. The molecule has 38 heavy (non-hydrogen) atoms. The van der Waals surface area contributed by atoms with Crippen molar-refractivity contribution in [3.8, 4) is 17.2 Å². The van der Waals surface area contributed by atoms with E-state index in [0.29, 0.717) is 5.56 Å². The Morgan fingerprint density at radius 1 is 0.868 bits per heavy atom. The third-order valence-corrected chi connectivity index (χ3v) is 6.45. The number of amides is 1. The van der Waals surface area contributed by atoms with Crippen LogP contribution in [0.25, 0.3) is 6.08 Å². The van der Waals surface area contributed by atoms with Crippen molar-refractivity contribution in [1.82, 2.24) is 0 Å². The minimum Gasteiger partial charge on any atom is -0.493 e. The lowest BCUT2D eigenvalue weighted by Crippen LogP contribution is -2.27. The first-order valence-corrected chi connectivity index (χ1v) is 11.6. The summed E-state index contributed by atoms with van der Waals surface area (Å²) in [5.74, 6) is -0.447. The lowest BCUT2D eigenvalue weighted by atomic mass is 10.1. The van der Waals surface area contributed by atoms with E-state index in [1.807, 2.05) is 0 Å². The molecule has 0 spiro atoms. The summed E-state index contributed by atoms with van der Waals surface area (Å²) in [5, 5.41) is 33.5. The number of carbonyl (C=O) groups is 1. The fourth-order valence-electron chi connectivity index (χ4n) is 3.41. The van der Waals surface area contributed by atoms with E-state index >= 15 is 0 Å². The Hall–Kier alpha value is -4.89. The number of ether oxygens (including phenoxy) is 2. The Kier molecular flexibility index (Phi) is 7.31. The molecule has 192 valence electrons. The lowest BCUT2D eigenvalue weighted by Gasteiger charge is -2.14. The highest BCUT2D eigenvalue weighted by Crippen LogP contribution is 2.40. The predicted octanol–water partition coefficient (Wildman–Crippen LogP) is 5.62. The molecule has 0 N–H and O–H groups in total. The number of nitro groups is 3. The molecule has 1 heterocycles. The van der Waals surface area contributed by atoms with Crippen LogP contribution in [0.5, 0.6) is 17.2 Å². The summed E-state index contributed by atoms with van der Waals surface area (Å²) in [7, 11) is 1.35. The highest BCUT2D eigenvalue weighted by atomic mass is 32.2. The van der Waals surface area contributed by atoms with E-state index < -0.39 is 32.1 Å². The normalized spacial score (nSPS) is 14.0. The molecule has 13 nitrogen and oxygen atoms in total. The van der Waals surface area contributed by atoms with Gasteiger partial charge in [0.1, 0.15) is 0 Å². The smallest absolute Gasteiger partial charge is 0.318 e. The van der Waals surface area contributed by atoms with Gasteiger partial charge in [0.15, 0.2) is 15.8 Å². The van der Waals surface area contributed by atoms with Crippen LogP contribution in [0.2, 0.25) is 0 Å². The number of carbonyl (C=O) groups excluding carboxylic acids is 1. The van der Waals surface area contributed by atoms with Crippen LogP contribution in [0.15, 0.2) is 65.6 Å². The molecule has 15 heteroatoms. The van der Waals surface area contributed by atoms with Gasteiger partial charge >= 0.3 is 5.69 Å². The van der Waals surface area contributed by atoms with Crippen LogP contribution in [0, 0.1) is 30.3 Å². The quantitative estimate of drug-likeness (QED) is 0.147. The van der Waals surface area contributed by atoms with Crippen molar-refractivity contribution < 1.29 is 29.0 Å². The van der Waals surface area contributed by atoms with E-state index in [0.717, 1.165) is 30.0 Å². The number of benzene rings is 3. The number of methoxy groups -OCH3 is 1. The van der Waals surface area contributed by atoms with Crippen LogP contribution in [0.3, 0.4) is 0 Å². The van der Waals surface area contributed by atoms with Crippen LogP contribution < -0.4 is 14.4 Å². The lowest BCUT2D eigenvalue weighted by molar-refractivity contribution is -0.394. The maximum absolute atomic E-state index is 13.1. The molecule has 0 aliphatic carbocycles. The number of thioether (sulfide) groups is 1. The molecule has 4 rings (SSSR count). The van der Waals surface area contributed by atoms with E-state index in [-0.39, 0.29) is 37.8 Å². The van der Waals surface area contributed by atoms with Crippen molar-refractivity contribution in [2.45, 2.75) is 0 Å². The molecule has 1 aliphatic heterocycles. The maximum atomic E-state index is 13.1. The van der Waals surface area contributed by atoms with Gasteiger partial charge in [-0.3, -0.25) is 40.0 Å². The summed E-state index contributed by atoms with van der Waals surface area (Å²) < 4.78 is 11.2. The second-order valence-electron chi connectivity index (χ2n) is 7.47. The zero-order valence-corrected chi connectivity index (χ0v) is 20.8. The summed E-state index contributed by atoms with van der Waals surface area (Å²) in [6.07, 6.45) is 1.54. The molecular formula is C23H14N4O9S2. The Morgan fingerprint density at radius 3 is 2.21 bits per heavy atom. The number of hydrogen-bond acceptors (Lipinski definition) is 11. The largest absolute Gasteiger partial charge is 0.493 e. The van der Waals surface area contributed by atoms with Gasteiger partial charge < -0.3 is 9.47 Å². The molecule has 0 bridgehead atoms. The molecule has 1 fully saturated rings. The fraction of sp³-hybridized carbons (Fsp3) is 0.0435. The number of rotatable bonds is 8. The van der Waals surface area contributed by atoms with Gasteiger partial charge in [-0.1, -0.05) is 36.1 Å². The van der Waals surface area contributed by atoms with Gasteiger partial charge in [-0.25, -0.2) is 0 Å². The van der Waals surface area contributed by atoms with Crippen LogP contribution in [0.4, 0.5) is 22.7 Å². The number of nitro benzene ring substituents is 3. The van der Waals surface area contributed by atoms with Gasteiger partial charge in [-0.15, -0.1) is 0 Å². The molecular weight excluding hydrogens is 540 g/mol. The first-order valence-electron chi connectivity index (χ1n) is 10.4. The van der Waals surface area contributed by atoms with E-state index in [9.17, 15) is 35.1 Å². The minimum absolute atomic E-state index is 0.0887. The van der Waals surface area contributed by atoms with Crippen molar-refractivity contribution in [3.63, 3.8) is 0 Å². The van der Waals surface area contributed by atoms with E-state index in [2.05, 4.69) is 0 Å². The topological polar surface area (TPSA) is 168 Å². The second-order valence-corrected chi connectivity index (χ2v) is 9.15. The van der Waals surface area contributed by atoms with Crippen LogP contribution in [-0.4, -0.2) is 32.1 Å². The summed E-state index contributed by atoms with van der Waals surface area (Å²) >= 11 is 6.33. The monoisotopic (exact) mass is 554 g/mol. The number of non-ortho nitro benzene ring substituents is 2. The van der Waals surface area contributed by atoms with Gasteiger partial charge in [0.05, 0.1) is 38.5 Å². The maximum Gasteiger partial charge on any atom is 0.318 e. The van der Waals surface area contributed by atoms with Crippen LogP contribution in [0.1, 0.15) is 5.56 Å². The molecule has 0 radical (unpaired) electrons. The zero-order valence-electron chi connectivity index (χ0n) is 19.1. The van der Waals surface area contributed by atoms with Crippen molar-refractivity contribution in [2.75, 3.05) is 12.0 Å². The van der Waals surface area contributed by atoms with Crippen molar-refractivity contribution in [2.24, 2.45) is 0 Å². The van der Waals surface area contributed by atoms with Crippen molar-refractivity contribution in [1.29, 1.82) is 0 Å². The minimum atomic E-state index is -0.799.